The summed E-state index contributed by atoms with van der Waals surface area (Å²) in [6.07, 6.45) is 0. The van der Waals surface area contributed by atoms with Crippen LogP contribution in [0.2, 0.25) is 0 Å². The van der Waals surface area contributed by atoms with Crippen molar-refractivity contribution in [3.8, 4) is 17.0 Å². The van der Waals surface area contributed by atoms with Gasteiger partial charge in [0.25, 0.3) is 0 Å². The Labute approximate surface area is 104 Å². The molecule has 5 heteroatoms. The van der Waals surface area contributed by atoms with Crippen molar-refractivity contribution < 1.29 is 19.2 Å². The Bertz CT molecular complexity index is 557. The fraction of sp³-hybridized carbons (Fsp3) is 0.231. The average molecular weight is 247 g/mol. The smallest absolute Gasteiger partial charge is 0.375 e. The Morgan fingerprint density at radius 1 is 1.39 bits per heavy atom. The van der Waals surface area contributed by atoms with Crippen molar-refractivity contribution in [3.63, 3.8) is 0 Å². The molecule has 18 heavy (non-hydrogen) atoms. The van der Waals surface area contributed by atoms with Crippen LogP contribution in [0.25, 0.3) is 11.3 Å². The molecule has 2 rings (SSSR count). The van der Waals surface area contributed by atoms with E-state index in [-0.39, 0.29) is 5.76 Å². The Balaban J connectivity index is 2.34. The highest BCUT2D eigenvalue weighted by Gasteiger charge is 2.18. The summed E-state index contributed by atoms with van der Waals surface area (Å²) in [5.41, 5.74) is 1.86. The Morgan fingerprint density at radius 2 is 2.06 bits per heavy atom. The van der Waals surface area contributed by atoms with Crippen LogP contribution in [0.4, 0.5) is 0 Å². The Kier molecular flexibility index (Phi) is 3.32. The molecule has 5 nitrogen and oxygen atoms in total. The molecule has 1 heterocycles. The molecule has 94 valence electrons. The molecule has 1 aromatic carbocycles. The van der Waals surface area contributed by atoms with Gasteiger partial charge >= 0.3 is 5.97 Å². The normalized spacial score (nSPS) is 10.3. The van der Waals surface area contributed by atoms with Crippen LogP contribution in [0.3, 0.4) is 0 Å². The number of hydrogen-bond acceptors (Lipinski definition) is 4. The molecule has 1 aromatic heterocycles. The van der Waals surface area contributed by atoms with Gasteiger partial charge in [0.1, 0.15) is 11.4 Å². The molecular formula is C13H13NO4. The van der Waals surface area contributed by atoms with Crippen LogP contribution in [0.1, 0.15) is 23.0 Å². The summed E-state index contributed by atoms with van der Waals surface area (Å²) in [6.45, 7) is 4.19. The van der Waals surface area contributed by atoms with Crippen LogP contribution < -0.4 is 4.74 Å². The topological polar surface area (TPSA) is 72.6 Å². The molecule has 0 amide bonds. The first kappa shape index (κ1) is 12.2. The van der Waals surface area contributed by atoms with E-state index in [1.54, 1.807) is 6.92 Å². The van der Waals surface area contributed by atoms with Gasteiger partial charge in [0.2, 0.25) is 5.76 Å². The molecule has 2 aromatic rings. The number of rotatable bonds is 4. The summed E-state index contributed by atoms with van der Waals surface area (Å²) in [5.74, 6) is -0.475. The van der Waals surface area contributed by atoms with E-state index in [1.807, 2.05) is 31.2 Å². The van der Waals surface area contributed by atoms with Crippen molar-refractivity contribution in [3.05, 3.63) is 35.6 Å². The summed E-state index contributed by atoms with van der Waals surface area (Å²) in [6, 6.07) is 7.27. The lowest BCUT2D eigenvalue weighted by Crippen LogP contribution is -1.96. The zero-order chi connectivity index (χ0) is 13.1. The Hall–Kier alpha value is -2.30. The first-order valence-corrected chi connectivity index (χ1v) is 5.56. The number of hydrogen-bond donors (Lipinski definition) is 1. The molecule has 0 saturated carbocycles. The lowest BCUT2D eigenvalue weighted by Gasteiger charge is -2.03. The maximum absolute atomic E-state index is 10.9. The quantitative estimate of drug-likeness (QED) is 0.899. The van der Waals surface area contributed by atoms with E-state index in [9.17, 15) is 4.79 Å². The number of carboxylic acid groups (broad SMARTS) is 1. The molecule has 0 spiro atoms. The highest BCUT2D eigenvalue weighted by atomic mass is 16.5. The minimum absolute atomic E-state index is 0.126. The molecule has 0 unspecified atom stereocenters. The highest BCUT2D eigenvalue weighted by molar-refractivity contribution is 5.88. The minimum Gasteiger partial charge on any atom is -0.494 e. The molecule has 0 fully saturated rings. The van der Waals surface area contributed by atoms with E-state index >= 15 is 0 Å². The zero-order valence-corrected chi connectivity index (χ0v) is 10.1. The Morgan fingerprint density at radius 3 is 2.56 bits per heavy atom. The number of aromatic nitrogens is 1. The zero-order valence-electron chi connectivity index (χ0n) is 10.1. The summed E-state index contributed by atoms with van der Waals surface area (Å²) in [4.78, 5) is 10.9. The van der Waals surface area contributed by atoms with E-state index in [1.165, 1.54) is 0 Å². The lowest BCUT2D eigenvalue weighted by molar-refractivity contribution is 0.0651. The van der Waals surface area contributed by atoms with Crippen molar-refractivity contribution in [2.24, 2.45) is 0 Å². The number of benzene rings is 1. The van der Waals surface area contributed by atoms with Gasteiger partial charge in [-0.1, -0.05) is 5.16 Å². The van der Waals surface area contributed by atoms with Crippen molar-refractivity contribution in [2.45, 2.75) is 13.8 Å². The van der Waals surface area contributed by atoms with Crippen molar-refractivity contribution in [1.82, 2.24) is 5.16 Å². The SMILES string of the molecule is CCOc1ccc(-c2noc(C(=O)O)c2C)cc1. The van der Waals surface area contributed by atoms with Gasteiger partial charge in [-0.25, -0.2) is 4.79 Å². The predicted molar refractivity (Wildman–Crippen MR) is 64.8 cm³/mol. The van der Waals surface area contributed by atoms with E-state index in [0.29, 0.717) is 17.9 Å². The fourth-order valence-corrected chi connectivity index (χ4v) is 1.68. The summed E-state index contributed by atoms with van der Waals surface area (Å²) >= 11 is 0. The fourth-order valence-electron chi connectivity index (χ4n) is 1.68. The van der Waals surface area contributed by atoms with Gasteiger partial charge in [-0.15, -0.1) is 0 Å². The standard InChI is InChI=1S/C13H13NO4/c1-3-17-10-6-4-9(5-7-10)11-8(2)12(13(15)16)18-14-11/h4-7H,3H2,1-2H3,(H,15,16). The summed E-state index contributed by atoms with van der Waals surface area (Å²) in [5, 5.41) is 12.7. The third-order valence-corrected chi connectivity index (χ3v) is 2.56. The number of carbonyl (C=O) groups is 1. The maximum Gasteiger partial charge on any atom is 0.375 e. The molecule has 0 aliphatic heterocycles. The van der Waals surface area contributed by atoms with Gasteiger partial charge in [-0.2, -0.15) is 0 Å². The first-order chi connectivity index (χ1) is 8.63. The first-order valence-electron chi connectivity index (χ1n) is 5.56. The molecule has 0 radical (unpaired) electrons. The van der Waals surface area contributed by atoms with Crippen LogP contribution in [0.5, 0.6) is 5.75 Å². The van der Waals surface area contributed by atoms with Crippen LogP contribution in [0, 0.1) is 6.92 Å². The monoisotopic (exact) mass is 247 g/mol. The summed E-state index contributed by atoms with van der Waals surface area (Å²) in [7, 11) is 0. The van der Waals surface area contributed by atoms with Crippen LogP contribution in [-0.4, -0.2) is 22.8 Å². The molecule has 0 aliphatic rings. The predicted octanol–water partition coefficient (Wildman–Crippen LogP) is 2.75. The third-order valence-electron chi connectivity index (χ3n) is 2.56. The molecule has 0 aliphatic carbocycles. The average Bonchev–Trinajstić information content (AvgIpc) is 2.73. The summed E-state index contributed by atoms with van der Waals surface area (Å²) < 4.78 is 10.1. The highest BCUT2D eigenvalue weighted by Crippen LogP contribution is 2.26. The van der Waals surface area contributed by atoms with Gasteiger partial charge in [-0.3, -0.25) is 0 Å². The molecular weight excluding hydrogens is 234 g/mol. The van der Waals surface area contributed by atoms with E-state index in [0.717, 1.165) is 11.3 Å². The van der Waals surface area contributed by atoms with Gasteiger partial charge in [-0.05, 0) is 38.1 Å². The largest absolute Gasteiger partial charge is 0.494 e. The molecule has 0 atom stereocenters. The van der Waals surface area contributed by atoms with Gasteiger partial charge < -0.3 is 14.4 Å². The van der Waals surface area contributed by atoms with E-state index in [2.05, 4.69) is 5.16 Å². The van der Waals surface area contributed by atoms with Gasteiger partial charge in [0.05, 0.1) is 6.61 Å². The molecule has 1 N–H and O–H groups in total. The second-order valence-electron chi connectivity index (χ2n) is 3.75. The van der Waals surface area contributed by atoms with Crippen molar-refractivity contribution in [1.29, 1.82) is 0 Å². The molecule has 0 bridgehead atoms. The lowest BCUT2D eigenvalue weighted by atomic mass is 10.1. The van der Waals surface area contributed by atoms with Crippen LogP contribution in [-0.2, 0) is 0 Å². The second kappa shape index (κ2) is 4.91. The number of nitrogens with zero attached hydrogens (tertiary/aromatic N) is 1. The number of carboxylic acids is 1. The second-order valence-corrected chi connectivity index (χ2v) is 3.75. The van der Waals surface area contributed by atoms with E-state index < -0.39 is 5.97 Å². The van der Waals surface area contributed by atoms with Crippen LogP contribution in [0.15, 0.2) is 28.8 Å². The number of aromatic carboxylic acids is 1. The molecule has 0 saturated heterocycles. The van der Waals surface area contributed by atoms with Crippen molar-refractivity contribution in [2.75, 3.05) is 6.61 Å². The third kappa shape index (κ3) is 2.20. The van der Waals surface area contributed by atoms with Gasteiger partial charge in [0, 0.05) is 11.1 Å². The number of ether oxygens (including phenoxy) is 1. The van der Waals surface area contributed by atoms with E-state index in [4.69, 9.17) is 14.4 Å². The van der Waals surface area contributed by atoms with Gasteiger partial charge in [0.15, 0.2) is 0 Å². The minimum atomic E-state index is -1.11. The maximum atomic E-state index is 10.9. The van der Waals surface area contributed by atoms with Crippen LogP contribution >= 0.6 is 0 Å². The van der Waals surface area contributed by atoms with Crippen molar-refractivity contribution >= 4 is 5.97 Å².